The van der Waals surface area contributed by atoms with Crippen LogP contribution in [0.5, 0.6) is 0 Å². The maximum atomic E-state index is 13.6. The Hall–Kier alpha value is -1.65. The van der Waals surface area contributed by atoms with Gasteiger partial charge in [-0.2, -0.15) is 0 Å². The monoisotopic (exact) mass is 270 g/mol. The number of likely N-dealkylation sites (N-methyl/N-ethyl adjacent to an activating group) is 1. The van der Waals surface area contributed by atoms with Crippen LogP contribution in [-0.2, 0) is 9.59 Å². The van der Waals surface area contributed by atoms with Crippen LogP contribution in [-0.4, -0.2) is 25.3 Å². The van der Waals surface area contributed by atoms with Crippen molar-refractivity contribution in [1.29, 1.82) is 0 Å². The van der Waals surface area contributed by atoms with E-state index in [1.54, 1.807) is 13.8 Å². The molecule has 0 aliphatic heterocycles. The summed E-state index contributed by atoms with van der Waals surface area (Å²) in [5.74, 6) is -0.519. The summed E-state index contributed by atoms with van der Waals surface area (Å²) in [6.07, 6.45) is 3.41. The minimum absolute atomic E-state index is 0.209. The van der Waals surface area contributed by atoms with Crippen LogP contribution >= 0.6 is 0 Å². The Balaban J connectivity index is 4.92. The first-order valence-corrected chi connectivity index (χ1v) is 6.41. The van der Waals surface area contributed by atoms with Gasteiger partial charge in [0.05, 0.1) is 0 Å². The van der Waals surface area contributed by atoms with Crippen LogP contribution in [0.25, 0.3) is 0 Å². The van der Waals surface area contributed by atoms with Crippen molar-refractivity contribution in [3.63, 3.8) is 0 Å². The molecule has 5 heteroatoms. The first-order valence-electron chi connectivity index (χ1n) is 6.41. The Morgan fingerprint density at radius 3 is 2.42 bits per heavy atom. The van der Waals surface area contributed by atoms with Gasteiger partial charge in [0.2, 0.25) is 5.91 Å². The fourth-order valence-electron chi connectivity index (χ4n) is 1.44. The predicted molar refractivity (Wildman–Crippen MR) is 74.1 cm³/mol. The van der Waals surface area contributed by atoms with Gasteiger partial charge in [-0.1, -0.05) is 6.92 Å². The molecule has 0 radical (unpaired) electrons. The molecule has 1 atom stereocenters. The van der Waals surface area contributed by atoms with E-state index in [1.807, 2.05) is 6.92 Å². The summed E-state index contributed by atoms with van der Waals surface area (Å²) in [4.78, 5) is 22.1. The SMILES string of the molecule is CC/C(=C\C(F)=C(C)C)NC(CCC=O)C(=O)NC. The maximum Gasteiger partial charge on any atom is 0.242 e. The first kappa shape index (κ1) is 17.4. The summed E-state index contributed by atoms with van der Waals surface area (Å²) in [5.41, 5.74) is 1.22. The van der Waals surface area contributed by atoms with Gasteiger partial charge < -0.3 is 15.4 Å². The van der Waals surface area contributed by atoms with E-state index in [-0.39, 0.29) is 18.2 Å². The Morgan fingerprint density at radius 2 is 2.00 bits per heavy atom. The van der Waals surface area contributed by atoms with Crippen molar-refractivity contribution in [2.24, 2.45) is 0 Å². The quantitative estimate of drug-likeness (QED) is 0.525. The third-order valence-corrected chi connectivity index (χ3v) is 2.66. The molecule has 0 heterocycles. The molecule has 0 aliphatic rings. The standard InChI is InChI=1S/C14H23FN2O2/c1-5-11(9-12(15)10(2)3)17-13(7-6-8-18)14(19)16-4/h8-9,13,17H,5-7H2,1-4H3,(H,16,19)/b11-9+. The zero-order chi connectivity index (χ0) is 14.8. The fourth-order valence-corrected chi connectivity index (χ4v) is 1.44. The Labute approximate surface area is 114 Å². The van der Waals surface area contributed by atoms with Crippen molar-refractivity contribution in [3.8, 4) is 0 Å². The molecule has 0 aliphatic carbocycles. The van der Waals surface area contributed by atoms with Crippen molar-refractivity contribution in [2.75, 3.05) is 7.05 Å². The smallest absolute Gasteiger partial charge is 0.242 e. The fraction of sp³-hybridized carbons (Fsp3) is 0.571. The molecule has 0 rings (SSSR count). The van der Waals surface area contributed by atoms with Gasteiger partial charge in [-0.3, -0.25) is 4.79 Å². The zero-order valence-corrected chi connectivity index (χ0v) is 12.0. The first-order chi connectivity index (χ1) is 8.96. The van der Waals surface area contributed by atoms with E-state index in [0.29, 0.717) is 24.1 Å². The average molecular weight is 270 g/mol. The lowest BCUT2D eigenvalue weighted by Gasteiger charge is -2.19. The number of carbonyl (C=O) groups is 2. The van der Waals surface area contributed by atoms with E-state index in [9.17, 15) is 14.0 Å². The predicted octanol–water partition coefficient (Wildman–Crippen LogP) is 2.23. The van der Waals surface area contributed by atoms with E-state index in [1.165, 1.54) is 13.1 Å². The Morgan fingerprint density at radius 1 is 1.37 bits per heavy atom. The molecule has 0 saturated carbocycles. The highest BCUT2D eigenvalue weighted by Gasteiger charge is 2.17. The highest BCUT2D eigenvalue weighted by Crippen LogP contribution is 2.11. The van der Waals surface area contributed by atoms with Crippen LogP contribution in [0.1, 0.15) is 40.0 Å². The molecule has 0 aromatic carbocycles. The molecule has 0 bridgehead atoms. The van der Waals surface area contributed by atoms with Crippen molar-refractivity contribution in [2.45, 2.75) is 46.1 Å². The van der Waals surface area contributed by atoms with Gasteiger partial charge in [0.1, 0.15) is 18.2 Å². The lowest BCUT2D eigenvalue weighted by molar-refractivity contribution is -0.122. The molecule has 0 saturated heterocycles. The van der Waals surface area contributed by atoms with Gasteiger partial charge in [-0.25, -0.2) is 4.39 Å². The maximum absolute atomic E-state index is 13.6. The number of halogens is 1. The number of carbonyl (C=O) groups excluding carboxylic acids is 2. The molecule has 0 fully saturated rings. The molecule has 4 nitrogen and oxygen atoms in total. The topological polar surface area (TPSA) is 58.2 Å². The third kappa shape index (κ3) is 6.74. The molecule has 1 unspecified atom stereocenters. The summed E-state index contributed by atoms with van der Waals surface area (Å²) < 4.78 is 13.6. The molecule has 0 spiro atoms. The number of aldehydes is 1. The molecule has 2 N–H and O–H groups in total. The van der Waals surface area contributed by atoms with Crippen molar-refractivity contribution in [3.05, 3.63) is 23.2 Å². The van der Waals surface area contributed by atoms with E-state index in [0.717, 1.165) is 6.29 Å². The second-order valence-electron chi connectivity index (χ2n) is 4.43. The van der Waals surface area contributed by atoms with Crippen LogP contribution in [0.4, 0.5) is 4.39 Å². The molecule has 108 valence electrons. The van der Waals surface area contributed by atoms with Crippen molar-refractivity contribution < 1.29 is 14.0 Å². The van der Waals surface area contributed by atoms with E-state index >= 15 is 0 Å². The number of allylic oxidation sites excluding steroid dienone is 4. The van der Waals surface area contributed by atoms with Gasteiger partial charge in [-0.15, -0.1) is 0 Å². The van der Waals surface area contributed by atoms with E-state index in [4.69, 9.17) is 0 Å². The lowest BCUT2D eigenvalue weighted by atomic mass is 10.1. The van der Waals surface area contributed by atoms with Crippen LogP contribution < -0.4 is 10.6 Å². The van der Waals surface area contributed by atoms with Gasteiger partial charge in [-0.05, 0) is 38.3 Å². The summed E-state index contributed by atoms with van der Waals surface area (Å²) in [6, 6.07) is -0.522. The molecule has 0 aromatic heterocycles. The zero-order valence-electron chi connectivity index (χ0n) is 12.0. The van der Waals surface area contributed by atoms with Crippen molar-refractivity contribution >= 4 is 12.2 Å². The second kappa shape index (κ2) is 9.30. The van der Waals surface area contributed by atoms with Gasteiger partial charge in [0.15, 0.2) is 0 Å². The summed E-state index contributed by atoms with van der Waals surface area (Å²) in [6.45, 7) is 5.24. The third-order valence-electron chi connectivity index (χ3n) is 2.66. The number of nitrogens with one attached hydrogen (secondary N) is 2. The molecule has 0 aromatic rings. The van der Waals surface area contributed by atoms with Crippen LogP contribution in [0, 0.1) is 0 Å². The van der Waals surface area contributed by atoms with Crippen molar-refractivity contribution in [1.82, 2.24) is 10.6 Å². The number of hydrogen-bond donors (Lipinski definition) is 2. The highest BCUT2D eigenvalue weighted by molar-refractivity contribution is 5.82. The summed E-state index contributed by atoms with van der Waals surface area (Å²) in [7, 11) is 1.53. The minimum atomic E-state index is -0.522. The number of rotatable bonds is 8. The van der Waals surface area contributed by atoms with Crippen LogP contribution in [0.2, 0.25) is 0 Å². The Bertz CT molecular complexity index is 372. The van der Waals surface area contributed by atoms with E-state index < -0.39 is 6.04 Å². The number of hydrogen-bond acceptors (Lipinski definition) is 3. The minimum Gasteiger partial charge on any atom is -0.377 e. The number of amides is 1. The average Bonchev–Trinajstić information content (AvgIpc) is 2.40. The molecule has 19 heavy (non-hydrogen) atoms. The second-order valence-corrected chi connectivity index (χ2v) is 4.43. The van der Waals surface area contributed by atoms with E-state index in [2.05, 4.69) is 10.6 Å². The highest BCUT2D eigenvalue weighted by atomic mass is 19.1. The molecular weight excluding hydrogens is 247 g/mol. The summed E-state index contributed by atoms with van der Waals surface area (Å²) in [5, 5.41) is 5.52. The lowest BCUT2D eigenvalue weighted by Crippen LogP contribution is -2.42. The Kier molecular flexibility index (Phi) is 8.49. The normalized spacial score (nSPS) is 12.6. The van der Waals surface area contributed by atoms with Gasteiger partial charge in [0, 0.05) is 19.2 Å². The van der Waals surface area contributed by atoms with Crippen LogP contribution in [0.15, 0.2) is 23.2 Å². The molecular formula is C14H23FN2O2. The van der Waals surface area contributed by atoms with Gasteiger partial charge >= 0.3 is 0 Å². The molecule has 1 amide bonds. The van der Waals surface area contributed by atoms with Crippen LogP contribution in [0.3, 0.4) is 0 Å². The van der Waals surface area contributed by atoms with Gasteiger partial charge in [0.25, 0.3) is 0 Å². The summed E-state index contributed by atoms with van der Waals surface area (Å²) >= 11 is 0. The largest absolute Gasteiger partial charge is 0.377 e.